The van der Waals surface area contributed by atoms with E-state index in [0.29, 0.717) is 31.1 Å². The zero-order valence-corrected chi connectivity index (χ0v) is 15.3. The van der Waals surface area contributed by atoms with Crippen molar-refractivity contribution < 1.29 is 9.13 Å². The first-order chi connectivity index (χ1) is 10.7. The molecule has 0 saturated heterocycles. The van der Waals surface area contributed by atoms with Crippen LogP contribution in [0.1, 0.15) is 11.1 Å². The molecule has 0 aliphatic heterocycles. The molecule has 23 heavy (non-hydrogen) atoms. The third kappa shape index (κ3) is 6.15. The van der Waals surface area contributed by atoms with Crippen molar-refractivity contribution in [3.63, 3.8) is 0 Å². The summed E-state index contributed by atoms with van der Waals surface area (Å²) in [6.45, 7) is 0.915. The number of para-hydroxylation sites is 1. The fraction of sp³-hybridized carbons (Fsp3) is 0.235. The fourth-order valence-corrected chi connectivity index (χ4v) is 2.10. The van der Waals surface area contributed by atoms with Crippen molar-refractivity contribution in [2.75, 3.05) is 19.0 Å². The van der Waals surface area contributed by atoms with Crippen LogP contribution < -0.4 is 11.1 Å². The quantitative estimate of drug-likeness (QED) is 0.420. The van der Waals surface area contributed by atoms with Crippen molar-refractivity contribution in [3.05, 3.63) is 65.5 Å². The highest BCUT2D eigenvalue weighted by Gasteiger charge is 2.03. The minimum Gasteiger partial charge on any atom is -0.380 e. The van der Waals surface area contributed by atoms with Gasteiger partial charge in [-0.1, -0.05) is 36.4 Å². The summed E-state index contributed by atoms with van der Waals surface area (Å²) < 4.78 is 18.6. The van der Waals surface area contributed by atoms with Crippen molar-refractivity contribution in [2.24, 2.45) is 10.7 Å². The first-order valence-corrected chi connectivity index (χ1v) is 7.08. The Morgan fingerprint density at radius 2 is 1.78 bits per heavy atom. The number of hydrogen-bond donors (Lipinski definition) is 2. The van der Waals surface area contributed by atoms with Crippen LogP contribution in [0.25, 0.3) is 0 Å². The molecule has 0 amide bonds. The van der Waals surface area contributed by atoms with Gasteiger partial charge in [-0.05, 0) is 24.1 Å². The van der Waals surface area contributed by atoms with E-state index in [2.05, 4.69) is 10.3 Å². The Morgan fingerprint density at radius 1 is 1.13 bits per heavy atom. The van der Waals surface area contributed by atoms with Crippen LogP contribution in [0.15, 0.2) is 53.5 Å². The Bertz CT molecular complexity index is 649. The number of rotatable bonds is 6. The van der Waals surface area contributed by atoms with Crippen molar-refractivity contribution in [1.29, 1.82) is 0 Å². The molecule has 0 bridgehead atoms. The molecule has 3 N–H and O–H groups in total. The summed E-state index contributed by atoms with van der Waals surface area (Å²) in [6, 6.07) is 14.4. The van der Waals surface area contributed by atoms with E-state index in [4.69, 9.17) is 10.5 Å². The standard InChI is InChI=1S/C17H20FN3O.HI/c1-22-12-14-7-3-5-9-16(14)21-17(19)20-11-10-13-6-2-4-8-15(13)18;/h2-9H,10-12H2,1H3,(H3,19,20,21);1H. The molecule has 0 spiro atoms. The minimum absolute atomic E-state index is 0. The van der Waals surface area contributed by atoms with E-state index in [1.54, 1.807) is 19.2 Å². The van der Waals surface area contributed by atoms with Crippen LogP contribution >= 0.6 is 24.0 Å². The first kappa shape index (κ1) is 19.4. The van der Waals surface area contributed by atoms with Gasteiger partial charge in [0.15, 0.2) is 5.96 Å². The van der Waals surface area contributed by atoms with Crippen LogP contribution in [0.3, 0.4) is 0 Å². The average molecular weight is 429 g/mol. The van der Waals surface area contributed by atoms with E-state index >= 15 is 0 Å². The maximum atomic E-state index is 13.5. The highest BCUT2D eigenvalue weighted by molar-refractivity contribution is 14.0. The van der Waals surface area contributed by atoms with Gasteiger partial charge in [-0.3, -0.25) is 4.99 Å². The summed E-state index contributed by atoms with van der Waals surface area (Å²) in [5.41, 5.74) is 8.37. The number of anilines is 1. The summed E-state index contributed by atoms with van der Waals surface area (Å²) in [6.07, 6.45) is 0.509. The first-order valence-electron chi connectivity index (χ1n) is 7.08. The molecule has 0 radical (unpaired) electrons. The van der Waals surface area contributed by atoms with E-state index in [1.807, 2.05) is 30.3 Å². The molecule has 0 heterocycles. The van der Waals surface area contributed by atoms with Gasteiger partial charge in [0.25, 0.3) is 0 Å². The summed E-state index contributed by atoms with van der Waals surface area (Å²) >= 11 is 0. The van der Waals surface area contributed by atoms with Crippen LogP contribution in [0.4, 0.5) is 10.1 Å². The number of halogens is 2. The Hall–Kier alpha value is -1.67. The van der Waals surface area contributed by atoms with Gasteiger partial charge >= 0.3 is 0 Å². The number of hydrogen-bond acceptors (Lipinski definition) is 2. The van der Waals surface area contributed by atoms with E-state index in [9.17, 15) is 4.39 Å². The maximum Gasteiger partial charge on any atom is 0.193 e. The Morgan fingerprint density at radius 3 is 2.48 bits per heavy atom. The molecule has 0 unspecified atom stereocenters. The van der Waals surface area contributed by atoms with Crippen LogP contribution in [-0.4, -0.2) is 19.6 Å². The molecule has 2 rings (SSSR count). The number of nitrogens with one attached hydrogen (secondary N) is 1. The van der Waals surface area contributed by atoms with Gasteiger partial charge in [-0.2, -0.15) is 0 Å². The number of aliphatic imine (C=N–C) groups is 1. The molecule has 0 aromatic heterocycles. The Kier molecular flexibility index (Phi) is 8.57. The third-order valence-electron chi connectivity index (χ3n) is 3.20. The number of methoxy groups -OCH3 is 1. The molecular weight excluding hydrogens is 408 g/mol. The zero-order valence-electron chi connectivity index (χ0n) is 13.0. The number of benzene rings is 2. The second-order valence-corrected chi connectivity index (χ2v) is 4.82. The molecule has 0 fully saturated rings. The molecular formula is C17H21FIN3O. The summed E-state index contributed by atoms with van der Waals surface area (Å²) in [5.74, 6) is 0.0922. The summed E-state index contributed by atoms with van der Waals surface area (Å²) in [7, 11) is 1.64. The van der Waals surface area contributed by atoms with Gasteiger partial charge in [0.2, 0.25) is 0 Å². The van der Waals surface area contributed by atoms with Gasteiger partial charge in [-0.25, -0.2) is 4.39 Å². The molecule has 0 atom stereocenters. The lowest BCUT2D eigenvalue weighted by Gasteiger charge is -2.10. The van der Waals surface area contributed by atoms with Gasteiger partial charge in [0.05, 0.1) is 6.61 Å². The molecule has 124 valence electrons. The van der Waals surface area contributed by atoms with Gasteiger partial charge in [-0.15, -0.1) is 24.0 Å². The summed E-state index contributed by atoms with van der Waals surface area (Å²) in [5, 5.41) is 3.05. The van der Waals surface area contributed by atoms with Crippen LogP contribution in [0.2, 0.25) is 0 Å². The van der Waals surface area contributed by atoms with Crippen LogP contribution in [0.5, 0.6) is 0 Å². The van der Waals surface area contributed by atoms with E-state index in [-0.39, 0.29) is 29.8 Å². The number of ether oxygens (including phenoxy) is 1. The predicted octanol–water partition coefficient (Wildman–Crippen LogP) is 3.56. The highest BCUT2D eigenvalue weighted by Crippen LogP contribution is 2.15. The highest BCUT2D eigenvalue weighted by atomic mass is 127. The largest absolute Gasteiger partial charge is 0.380 e. The lowest BCUT2D eigenvalue weighted by atomic mass is 10.1. The molecule has 0 aliphatic carbocycles. The van der Waals surface area contributed by atoms with Gasteiger partial charge < -0.3 is 15.8 Å². The van der Waals surface area contributed by atoms with Gasteiger partial charge in [0.1, 0.15) is 5.82 Å². The molecule has 0 aliphatic rings. The molecule has 2 aromatic carbocycles. The van der Waals surface area contributed by atoms with Crippen LogP contribution in [-0.2, 0) is 17.8 Å². The Balaban J connectivity index is 0.00000264. The van der Waals surface area contributed by atoms with E-state index in [0.717, 1.165) is 11.3 Å². The number of guanidine groups is 1. The normalized spacial score (nSPS) is 11.0. The van der Waals surface area contributed by atoms with Crippen molar-refractivity contribution in [2.45, 2.75) is 13.0 Å². The van der Waals surface area contributed by atoms with Crippen molar-refractivity contribution in [1.82, 2.24) is 0 Å². The fourth-order valence-electron chi connectivity index (χ4n) is 2.10. The smallest absolute Gasteiger partial charge is 0.193 e. The lowest BCUT2D eigenvalue weighted by Crippen LogP contribution is -2.23. The second-order valence-electron chi connectivity index (χ2n) is 4.82. The lowest BCUT2D eigenvalue weighted by molar-refractivity contribution is 0.185. The van der Waals surface area contributed by atoms with E-state index in [1.165, 1.54) is 6.07 Å². The molecule has 6 heteroatoms. The van der Waals surface area contributed by atoms with E-state index < -0.39 is 0 Å². The van der Waals surface area contributed by atoms with Crippen LogP contribution in [0, 0.1) is 5.82 Å². The summed E-state index contributed by atoms with van der Waals surface area (Å²) in [4.78, 5) is 4.23. The number of nitrogens with two attached hydrogens (primary N) is 1. The molecule has 4 nitrogen and oxygen atoms in total. The van der Waals surface area contributed by atoms with Crippen molar-refractivity contribution in [3.8, 4) is 0 Å². The van der Waals surface area contributed by atoms with Crippen molar-refractivity contribution >= 4 is 35.6 Å². The molecule has 2 aromatic rings. The zero-order chi connectivity index (χ0) is 15.8. The second kappa shape index (κ2) is 10.2. The topological polar surface area (TPSA) is 59.6 Å². The SMILES string of the molecule is COCc1ccccc1NC(N)=NCCc1ccccc1F.I. The maximum absolute atomic E-state index is 13.5. The Labute approximate surface area is 153 Å². The minimum atomic E-state index is -0.213. The predicted molar refractivity (Wildman–Crippen MR) is 103 cm³/mol. The number of nitrogens with zero attached hydrogens (tertiary/aromatic N) is 1. The van der Waals surface area contributed by atoms with Gasteiger partial charge in [0, 0.05) is 24.9 Å². The monoisotopic (exact) mass is 429 g/mol. The molecule has 0 saturated carbocycles. The average Bonchev–Trinajstić information content (AvgIpc) is 2.51. The third-order valence-corrected chi connectivity index (χ3v) is 3.20.